The summed E-state index contributed by atoms with van der Waals surface area (Å²) in [6.45, 7) is 1.40. The van der Waals surface area contributed by atoms with Gasteiger partial charge in [0.05, 0.1) is 11.5 Å². The molecule has 0 heterocycles. The number of aliphatic hydroxyl groups excluding tert-OH is 1. The lowest BCUT2D eigenvalue weighted by Gasteiger charge is -2.22. The van der Waals surface area contributed by atoms with Gasteiger partial charge < -0.3 is 5.11 Å². The molecule has 1 unspecified atom stereocenters. The maximum atomic E-state index is 12.0. The summed E-state index contributed by atoms with van der Waals surface area (Å²) < 4.78 is 25.2. The van der Waals surface area contributed by atoms with E-state index in [-0.39, 0.29) is 11.5 Å². The molecule has 4 nitrogen and oxygen atoms in total. The summed E-state index contributed by atoms with van der Waals surface area (Å²) in [5, 5.41) is 9.30. The van der Waals surface area contributed by atoms with Gasteiger partial charge in [0, 0.05) is 18.1 Å². The molecule has 0 fully saturated rings. The van der Waals surface area contributed by atoms with Crippen molar-refractivity contribution in [2.45, 2.75) is 17.9 Å². The standard InChI is InChI=1S/C10H14ClNO3S/c1-8(7-13)12(2)16(14,15)10-5-3-4-9(11)6-10/h3-6,8,13H,7H2,1-2H3. The molecule has 16 heavy (non-hydrogen) atoms. The Hall–Kier alpha value is -0.620. The Balaban J connectivity index is 3.12. The Kier molecular flexibility index (Phi) is 4.32. The van der Waals surface area contributed by atoms with Gasteiger partial charge in [-0.2, -0.15) is 4.31 Å². The number of halogens is 1. The largest absolute Gasteiger partial charge is 0.395 e. The number of sulfonamides is 1. The van der Waals surface area contributed by atoms with Crippen molar-refractivity contribution in [1.29, 1.82) is 0 Å². The van der Waals surface area contributed by atoms with Crippen LogP contribution in [0.1, 0.15) is 6.92 Å². The predicted molar refractivity (Wildman–Crippen MR) is 62.9 cm³/mol. The van der Waals surface area contributed by atoms with Crippen molar-refractivity contribution in [2.24, 2.45) is 0 Å². The third kappa shape index (κ3) is 2.74. The van der Waals surface area contributed by atoms with E-state index < -0.39 is 16.1 Å². The van der Waals surface area contributed by atoms with Gasteiger partial charge in [0.2, 0.25) is 10.0 Å². The Morgan fingerprint density at radius 3 is 2.62 bits per heavy atom. The Morgan fingerprint density at radius 2 is 2.12 bits per heavy atom. The molecule has 0 aliphatic rings. The minimum atomic E-state index is -3.58. The van der Waals surface area contributed by atoms with E-state index in [4.69, 9.17) is 16.7 Å². The highest BCUT2D eigenvalue weighted by molar-refractivity contribution is 7.89. The first-order chi connectivity index (χ1) is 7.39. The Bertz CT molecular complexity index is 461. The zero-order chi connectivity index (χ0) is 12.3. The maximum absolute atomic E-state index is 12.0. The Labute approximate surface area is 101 Å². The third-order valence-corrected chi connectivity index (χ3v) is 4.56. The van der Waals surface area contributed by atoms with Crippen molar-refractivity contribution >= 4 is 21.6 Å². The highest BCUT2D eigenvalue weighted by Crippen LogP contribution is 2.19. The zero-order valence-electron chi connectivity index (χ0n) is 9.09. The lowest BCUT2D eigenvalue weighted by molar-refractivity contribution is 0.214. The van der Waals surface area contributed by atoms with Gasteiger partial charge in [0.15, 0.2) is 0 Å². The first kappa shape index (κ1) is 13.4. The van der Waals surface area contributed by atoms with Crippen LogP contribution in [0.4, 0.5) is 0 Å². The fraction of sp³-hybridized carbons (Fsp3) is 0.400. The highest BCUT2D eigenvalue weighted by atomic mass is 35.5. The van der Waals surface area contributed by atoms with Crippen LogP contribution in [0.5, 0.6) is 0 Å². The number of likely N-dealkylation sites (N-methyl/N-ethyl adjacent to an activating group) is 1. The van der Waals surface area contributed by atoms with Crippen LogP contribution >= 0.6 is 11.6 Å². The van der Waals surface area contributed by atoms with E-state index in [0.717, 1.165) is 4.31 Å². The van der Waals surface area contributed by atoms with Crippen molar-refractivity contribution in [1.82, 2.24) is 4.31 Å². The summed E-state index contributed by atoms with van der Waals surface area (Å²) in [6, 6.07) is 5.58. The average molecular weight is 264 g/mol. The normalized spacial score (nSPS) is 14.1. The molecule has 0 amide bonds. The number of nitrogens with zero attached hydrogens (tertiary/aromatic N) is 1. The van der Waals surface area contributed by atoms with Gasteiger partial charge in [-0.25, -0.2) is 8.42 Å². The van der Waals surface area contributed by atoms with Gasteiger partial charge in [-0.3, -0.25) is 0 Å². The maximum Gasteiger partial charge on any atom is 0.243 e. The highest BCUT2D eigenvalue weighted by Gasteiger charge is 2.24. The second-order valence-electron chi connectivity index (χ2n) is 3.51. The molecular formula is C10H14ClNO3S. The van der Waals surface area contributed by atoms with Crippen molar-refractivity contribution in [3.63, 3.8) is 0 Å². The smallest absolute Gasteiger partial charge is 0.243 e. The second kappa shape index (κ2) is 5.14. The van der Waals surface area contributed by atoms with Crippen LogP contribution in [0, 0.1) is 0 Å². The Morgan fingerprint density at radius 1 is 1.50 bits per heavy atom. The quantitative estimate of drug-likeness (QED) is 0.892. The van der Waals surface area contributed by atoms with E-state index in [9.17, 15) is 8.42 Å². The molecule has 1 aromatic rings. The van der Waals surface area contributed by atoms with Crippen LogP contribution < -0.4 is 0 Å². The van der Waals surface area contributed by atoms with Crippen LogP contribution in [0.3, 0.4) is 0 Å². The van der Waals surface area contributed by atoms with Crippen LogP contribution in [-0.2, 0) is 10.0 Å². The molecule has 0 spiro atoms. The molecule has 1 N–H and O–H groups in total. The topological polar surface area (TPSA) is 57.6 Å². The first-order valence-electron chi connectivity index (χ1n) is 4.74. The van der Waals surface area contributed by atoms with Gasteiger partial charge in [-0.1, -0.05) is 17.7 Å². The molecule has 1 aromatic carbocycles. The summed E-state index contributed by atoms with van der Waals surface area (Å²) in [7, 11) is -2.16. The van der Waals surface area contributed by atoms with Gasteiger partial charge >= 0.3 is 0 Å². The monoisotopic (exact) mass is 263 g/mol. The van der Waals surface area contributed by atoms with Crippen LogP contribution in [0.25, 0.3) is 0 Å². The van der Waals surface area contributed by atoms with Crippen molar-refractivity contribution < 1.29 is 13.5 Å². The summed E-state index contributed by atoms with van der Waals surface area (Å²) >= 11 is 5.74. The number of aliphatic hydroxyl groups is 1. The van der Waals surface area contributed by atoms with E-state index in [0.29, 0.717) is 5.02 Å². The average Bonchev–Trinajstić information content (AvgIpc) is 2.27. The molecule has 1 rings (SSSR count). The fourth-order valence-electron chi connectivity index (χ4n) is 1.15. The lowest BCUT2D eigenvalue weighted by atomic mass is 10.4. The molecule has 0 saturated heterocycles. The van der Waals surface area contributed by atoms with E-state index >= 15 is 0 Å². The molecule has 0 aliphatic heterocycles. The number of benzene rings is 1. The molecule has 90 valence electrons. The van der Waals surface area contributed by atoms with Gasteiger partial charge in [0.25, 0.3) is 0 Å². The van der Waals surface area contributed by atoms with Gasteiger partial charge in [0.1, 0.15) is 0 Å². The van der Waals surface area contributed by atoms with E-state index in [1.54, 1.807) is 19.1 Å². The number of hydrogen-bond acceptors (Lipinski definition) is 3. The van der Waals surface area contributed by atoms with Crippen molar-refractivity contribution in [3.05, 3.63) is 29.3 Å². The molecule has 0 saturated carbocycles. The van der Waals surface area contributed by atoms with Crippen molar-refractivity contribution in [3.8, 4) is 0 Å². The van der Waals surface area contributed by atoms with E-state index in [2.05, 4.69) is 0 Å². The lowest BCUT2D eigenvalue weighted by Crippen LogP contribution is -2.37. The minimum absolute atomic E-state index is 0.128. The molecule has 6 heteroatoms. The molecule has 0 bridgehead atoms. The molecule has 0 aliphatic carbocycles. The molecule has 1 atom stereocenters. The van der Waals surface area contributed by atoms with E-state index in [1.807, 2.05) is 0 Å². The minimum Gasteiger partial charge on any atom is -0.395 e. The molecule has 0 radical (unpaired) electrons. The van der Waals surface area contributed by atoms with Gasteiger partial charge in [-0.05, 0) is 25.1 Å². The zero-order valence-corrected chi connectivity index (χ0v) is 10.7. The first-order valence-corrected chi connectivity index (χ1v) is 6.56. The summed E-state index contributed by atoms with van der Waals surface area (Å²) in [4.78, 5) is 0.128. The molecular weight excluding hydrogens is 250 g/mol. The van der Waals surface area contributed by atoms with E-state index in [1.165, 1.54) is 19.2 Å². The van der Waals surface area contributed by atoms with Crippen LogP contribution in [0.2, 0.25) is 5.02 Å². The summed E-state index contributed by atoms with van der Waals surface area (Å²) in [5.41, 5.74) is 0. The summed E-state index contributed by atoms with van der Waals surface area (Å²) in [5.74, 6) is 0. The van der Waals surface area contributed by atoms with Crippen molar-refractivity contribution in [2.75, 3.05) is 13.7 Å². The fourth-order valence-corrected chi connectivity index (χ4v) is 2.80. The van der Waals surface area contributed by atoms with Gasteiger partial charge in [-0.15, -0.1) is 0 Å². The number of hydrogen-bond donors (Lipinski definition) is 1. The number of rotatable bonds is 4. The predicted octanol–water partition coefficient (Wildman–Crippen LogP) is 1.34. The second-order valence-corrected chi connectivity index (χ2v) is 5.94. The van der Waals surface area contributed by atoms with Crippen LogP contribution in [-0.4, -0.2) is 37.5 Å². The SMILES string of the molecule is CC(CO)N(C)S(=O)(=O)c1cccc(Cl)c1. The summed E-state index contributed by atoms with van der Waals surface area (Å²) in [6.07, 6.45) is 0. The molecule has 0 aromatic heterocycles. The third-order valence-electron chi connectivity index (χ3n) is 2.36. The van der Waals surface area contributed by atoms with Crippen LogP contribution in [0.15, 0.2) is 29.2 Å².